The molecule has 5 rings (SSSR count). The molecule has 47 heavy (non-hydrogen) atoms. The van der Waals surface area contributed by atoms with Crippen molar-refractivity contribution in [1.82, 2.24) is 15.2 Å². The Morgan fingerprint density at radius 2 is 1.68 bits per heavy atom. The Hall–Kier alpha value is -5.13. The summed E-state index contributed by atoms with van der Waals surface area (Å²) in [5, 5.41) is 2.81. The van der Waals surface area contributed by atoms with Gasteiger partial charge in [-0.15, -0.1) is 13.2 Å². The van der Waals surface area contributed by atoms with E-state index in [1.165, 1.54) is 36.5 Å². The van der Waals surface area contributed by atoms with Crippen LogP contribution in [0.25, 0.3) is 11.1 Å². The van der Waals surface area contributed by atoms with Gasteiger partial charge in [0, 0.05) is 70.1 Å². The molecule has 0 radical (unpaired) electrons. The van der Waals surface area contributed by atoms with Crippen molar-refractivity contribution in [2.24, 2.45) is 0 Å². The van der Waals surface area contributed by atoms with E-state index >= 15 is 0 Å². The minimum absolute atomic E-state index is 0.0175. The lowest BCUT2D eigenvalue weighted by molar-refractivity contribution is -0.274. The number of halogens is 4. The number of likely N-dealkylation sites (tertiary alicyclic amines) is 1. The van der Waals surface area contributed by atoms with Gasteiger partial charge in [0.25, 0.3) is 11.8 Å². The molecular weight excluding hydrogens is 616 g/mol. The monoisotopic (exact) mass is 650 g/mol. The number of piperidine rings is 1. The summed E-state index contributed by atoms with van der Waals surface area (Å²) in [5.41, 5.74) is 3.29. The van der Waals surface area contributed by atoms with E-state index in [1.807, 2.05) is 43.3 Å². The second kappa shape index (κ2) is 14.5. The van der Waals surface area contributed by atoms with E-state index < -0.39 is 18.1 Å². The molecule has 246 valence electrons. The van der Waals surface area contributed by atoms with Crippen LogP contribution in [0.15, 0.2) is 85.1 Å². The van der Waals surface area contributed by atoms with Crippen LogP contribution in [0.2, 0.25) is 0 Å². The number of carbonyl (C=O) groups is 2. The third-order valence-electron chi connectivity index (χ3n) is 7.76. The van der Waals surface area contributed by atoms with Crippen LogP contribution in [0, 0.1) is 5.82 Å². The number of ether oxygens (including phenoxy) is 2. The van der Waals surface area contributed by atoms with Gasteiger partial charge in [-0.3, -0.25) is 9.59 Å². The zero-order valence-electron chi connectivity index (χ0n) is 25.9. The summed E-state index contributed by atoms with van der Waals surface area (Å²) in [4.78, 5) is 34.4. The molecule has 8 nitrogen and oxygen atoms in total. The van der Waals surface area contributed by atoms with E-state index in [4.69, 9.17) is 4.74 Å². The van der Waals surface area contributed by atoms with Crippen LogP contribution in [0.5, 0.6) is 11.6 Å². The Balaban J connectivity index is 1.14. The average molecular weight is 651 g/mol. The van der Waals surface area contributed by atoms with Gasteiger partial charge in [-0.1, -0.05) is 24.3 Å². The number of nitrogens with one attached hydrogen (secondary N) is 1. The number of benzene rings is 3. The van der Waals surface area contributed by atoms with Crippen LogP contribution in [0.4, 0.5) is 23.2 Å². The number of rotatable bonds is 10. The number of pyridine rings is 1. The first-order chi connectivity index (χ1) is 22.4. The molecule has 1 N–H and O–H groups in total. The molecule has 12 heteroatoms. The highest BCUT2D eigenvalue weighted by molar-refractivity contribution is 6.07. The summed E-state index contributed by atoms with van der Waals surface area (Å²) in [6.45, 7) is 1.03. The second-order valence-electron chi connectivity index (χ2n) is 11.3. The fraction of sp³-hybridized carbons (Fsp3) is 0.286. The lowest BCUT2D eigenvalue weighted by atomic mass is 10.0. The van der Waals surface area contributed by atoms with Gasteiger partial charge in [0.05, 0.1) is 11.1 Å². The van der Waals surface area contributed by atoms with Gasteiger partial charge in [-0.25, -0.2) is 9.37 Å². The van der Waals surface area contributed by atoms with Crippen molar-refractivity contribution < 1.29 is 36.6 Å². The topological polar surface area (TPSA) is 84.0 Å². The van der Waals surface area contributed by atoms with Gasteiger partial charge < -0.3 is 24.6 Å². The molecule has 1 aliphatic heterocycles. The first kappa shape index (κ1) is 33.2. The van der Waals surface area contributed by atoms with Crippen molar-refractivity contribution in [3.05, 3.63) is 108 Å². The Morgan fingerprint density at radius 3 is 2.34 bits per heavy atom. The predicted octanol–water partition coefficient (Wildman–Crippen LogP) is 6.51. The minimum atomic E-state index is -4.79. The van der Waals surface area contributed by atoms with E-state index in [2.05, 4.69) is 15.0 Å². The molecule has 2 amide bonds. The van der Waals surface area contributed by atoms with Gasteiger partial charge in [0.1, 0.15) is 17.7 Å². The molecule has 1 aliphatic rings. The molecule has 0 spiro atoms. The van der Waals surface area contributed by atoms with Gasteiger partial charge >= 0.3 is 6.36 Å². The molecule has 3 aromatic carbocycles. The molecule has 1 fully saturated rings. The van der Waals surface area contributed by atoms with Crippen molar-refractivity contribution in [2.75, 3.05) is 38.6 Å². The number of anilines is 1. The van der Waals surface area contributed by atoms with Crippen molar-refractivity contribution in [3.8, 4) is 22.8 Å². The Bertz CT molecular complexity index is 1690. The number of nitrogens with zero attached hydrogens (tertiary/aromatic N) is 3. The largest absolute Gasteiger partial charge is 0.573 e. The van der Waals surface area contributed by atoms with Gasteiger partial charge in [-0.05, 0) is 66.1 Å². The van der Waals surface area contributed by atoms with Gasteiger partial charge in [0.15, 0.2) is 0 Å². The maximum absolute atomic E-state index is 14.2. The zero-order chi connectivity index (χ0) is 33.6. The van der Waals surface area contributed by atoms with E-state index in [1.54, 1.807) is 23.1 Å². The van der Waals surface area contributed by atoms with Crippen molar-refractivity contribution in [3.63, 3.8) is 0 Å². The Labute approximate surface area is 269 Å². The van der Waals surface area contributed by atoms with Crippen molar-refractivity contribution in [1.29, 1.82) is 0 Å². The standard InChI is InChI=1S/C35H34F4N4O4/c1-42(2)27-10-6-23(7-11-27)14-17-40-33(44)31-21-26(36)9-12-30(31)34(45)43-18-15-28(16-19-43)46-32-13-8-25(22-41-32)24-4-3-5-29(20-24)47-35(37,38)39/h3-13,20-22,28H,14-19H2,1-2H3,(H,40,44). The summed E-state index contributed by atoms with van der Waals surface area (Å²) in [6, 6.07) is 20.5. The zero-order valence-corrected chi connectivity index (χ0v) is 25.9. The third-order valence-corrected chi connectivity index (χ3v) is 7.76. The smallest absolute Gasteiger partial charge is 0.474 e. The van der Waals surface area contributed by atoms with Crippen molar-refractivity contribution in [2.45, 2.75) is 31.7 Å². The molecule has 0 aliphatic carbocycles. The van der Waals surface area contributed by atoms with Crippen LogP contribution in [0.1, 0.15) is 39.1 Å². The highest BCUT2D eigenvalue weighted by Gasteiger charge is 2.31. The van der Waals surface area contributed by atoms with Crippen LogP contribution in [-0.2, 0) is 6.42 Å². The summed E-state index contributed by atoms with van der Waals surface area (Å²) in [7, 11) is 3.91. The number of aromatic nitrogens is 1. The molecule has 2 heterocycles. The average Bonchev–Trinajstić information content (AvgIpc) is 3.04. The Kier molecular flexibility index (Phi) is 10.3. The molecule has 1 aromatic heterocycles. The van der Waals surface area contributed by atoms with E-state index in [9.17, 15) is 27.2 Å². The number of hydrogen-bond acceptors (Lipinski definition) is 6. The van der Waals surface area contributed by atoms with Crippen LogP contribution in [-0.4, -0.2) is 67.9 Å². The molecule has 1 saturated heterocycles. The maximum atomic E-state index is 14.2. The highest BCUT2D eigenvalue weighted by atomic mass is 19.4. The minimum Gasteiger partial charge on any atom is -0.474 e. The first-order valence-corrected chi connectivity index (χ1v) is 15.1. The van der Waals surface area contributed by atoms with E-state index in [0.29, 0.717) is 55.9 Å². The number of amides is 2. The predicted molar refractivity (Wildman–Crippen MR) is 169 cm³/mol. The SMILES string of the molecule is CN(C)c1ccc(CCNC(=O)c2cc(F)ccc2C(=O)N2CCC(Oc3ccc(-c4cccc(OC(F)(F)F)c4)cn3)CC2)cc1. The quantitative estimate of drug-likeness (QED) is 0.197. The fourth-order valence-electron chi connectivity index (χ4n) is 5.28. The highest BCUT2D eigenvalue weighted by Crippen LogP contribution is 2.29. The summed E-state index contributed by atoms with van der Waals surface area (Å²) in [5.74, 6) is -1.49. The normalized spacial score (nSPS) is 13.6. The molecule has 0 unspecified atom stereocenters. The molecule has 0 bridgehead atoms. The van der Waals surface area contributed by atoms with Gasteiger partial charge in [0.2, 0.25) is 5.88 Å². The van der Waals surface area contributed by atoms with E-state index in [-0.39, 0.29) is 28.9 Å². The second-order valence-corrected chi connectivity index (χ2v) is 11.3. The lowest BCUT2D eigenvalue weighted by Gasteiger charge is -2.32. The summed E-state index contributed by atoms with van der Waals surface area (Å²) < 4.78 is 61.9. The number of carbonyl (C=O) groups excluding carboxylic acids is 2. The van der Waals surface area contributed by atoms with Crippen LogP contribution < -0.4 is 19.7 Å². The van der Waals surface area contributed by atoms with Crippen molar-refractivity contribution >= 4 is 17.5 Å². The van der Waals surface area contributed by atoms with Crippen LogP contribution in [0.3, 0.4) is 0 Å². The summed E-state index contributed by atoms with van der Waals surface area (Å²) >= 11 is 0. The number of hydrogen-bond donors (Lipinski definition) is 1. The Morgan fingerprint density at radius 1 is 0.936 bits per heavy atom. The van der Waals surface area contributed by atoms with E-state index in [0.717, 1.165) is 17.3 Å². The van der Waals surface area contributed by atoms with Gasteiger partial charge in [-0.2, -0.15) is 0 Å². The third kappa shape index (κ3) is 8.99. The molecular formula is C35H34F4N4O4. The number of alkyl halides is 3. The first-order valence-electron chi connectivity index (χ1n) is 15.1. The fourth-order valence-corrected chi connectivity index (χ4v) is 5.28. The summed E-state index contributed by atoms with van der Waals surface area (Å²) in [6.07, 6.45) is -1.94. The molecule has 0 atom stereocenters. The maximum Gasteiger partial charge on any atom is 0.573 e. The lowest BCUT2D eigenvalue weighted by Crippen LogP contribution is -2.42. The van der Waals surface area contributed by atoms with Crippen LogP contribution >= 0.6 is 0 Å². The molecule has 4 aromatic rings. The molecule has 0 saturated carbocycles.